The van der Waals surface area contributed by atoms with Gasteiger partial charge < -0.3 is 10.5 Å². The summed E-state index contributed by atoms with van der Waals surface area (Å²) in [6.45, 7) is 11.2. The van der Waals surface area contributed by atoms with Crippen molar-refractivity contribution in [1.29, 1.82) is 0 Å². The van der Waals surface area contributed by atoms with Crippen LogP contribution >= 0.6 is 0 Å². The summed E-state index contributed by atoms with van der Waals surface area (Å²) in [5, 5.41) is 0. The van der Waals surface area contributed by atoms with Crippen molar-refractivity contribution < 1.29 is 4.74 Å². The lowest BCUT2D eigenvalue weighted by Crippen LogP contribution is -2.17. The van der Waals surface area contributed by atoms with Crippen LogP contribution in [0.25, 0.3) is 0 Å². The Bertz CT molecular complexity index is 350. The first-order valence-electron chi connectivity index (χ1n) is 5.29. The molecule has 0 heterocycles. The fourth-order valence-corrected chi connectivity index (χ4v) is 1.23. The van der Waals surface area contributed by atoms with Gasteiger partial charge in [-0.25, -0.2) is 0 Å². The molecule has 0 amide bonds. The maximum atomic E-state index is 5.89. The number of hydrogen-bond acceptors (Lipinski definition) is 2. The molecule has 15 heavy (non-hydrogen) atoms. The van der Waals surface area contributed by atoms with E-state index < -0.39 is 0 Å². The minimum atomic E-state index is 0.158. The molecular weight excluding hydrogens is 186 g/mol. The molecule has 2 heteroatoms. The Morgan fingerprint density at radius 2 is 1.67 bits per heavy atom. The van der Waals surface area contributed by atoms with Crippen LogP contribution in [0.3, 0.4) is 0 Å². The van der Waals surface area contributed by atoms with Gasteiger partial charge in [0.1, 0.15) is 5.75 Å². The predicted octanol–water partition coefficient (Wildman–Crippen LogP) is 3.31. The molecule has 1 aromatic rings. The number of rotatable bonds is 2. The largest absolute Gasteiger partial charge is 0.491 e. The van der Waals surface area contributed by atoms with E-state index in [-0.39, 0.29) is 5.41 Å². The van der Waals surface area contributed by atoms with Gasteiger partial charge in [-0.2, -0.15) is 0 Å². The van der Waals surface area contributed by atoms with Crippen molar-refractivity contribution in [3.05, 3.63) is 23.3 Å². The molecule has 0 radical (unpaired) electrons. The molecule has 2 nitrogen and oxygen atoms in total. The quantitative estimate of drug-likeness (QED) is 0.755. The summed E-state index contributed by atoms with van der Waals surface area (Å²) in [4.78, 5) is 0. The summed E-state index contributed by atoms with van der Waals surface area (Å²) in [7, 11) is 0. The molecule has 0 bridgehead atoms. The van der Waals surface area contributed by atoms with Crippen molar-refractivity contribution in [1.82, 2.24) is 0 Å². The lowest BCUT2D eigenvalue weighted by Gasteiger charge is -2.20. The zero-order valence-corrected chi connectivity index (χ0v) is 10.3. The van der Waals surface area contributed by atoms with Gasteiger partial charge in [0.15, 0.2) is 0 Å². The van der Waals surface area contributed by atoms with Crippen LogP contribution in [-0.4, -0.2) is 6.61 Å². The SMILES string of the molecule is Cc1cc(N)c(OCC(C)(C)C)cc1C. The molecule has 84 valence electrons. The monoisotopic (exact) mass is 207 g/mol. The molecule has 1 aromatic carbocycles. The molecule has 0 spiro atoms. The molecule has 2 N–H and O–H groups in total. The Balaban J connectivity index is 2.82. The minimum Gasteiger partial charge on any atom is -0.491 e. The van der Waals surface area contributed by atoms with Gasteiger partial charge in [0.05, 0.1) is 12.3 Å². The highest BCUT2D eigenvalue weighted by molar-refractivity contribution is 5.56. The van der Waals surface area contributed by atoms with E-state index in [9.17, 15) is 0 Å². The predicted molar refractivity (Wildman–Crippen MR) is 65.3 cm³/mol. The van der Waals surface area contributed by atoms with E-state index in [0.717, 1.165) is 11.4 Å². The number of benzene rings is 1. The van der Waals surface area contributed by atoms with E-state index in [1.165, 1.54) is 11.1 Å². The third-order valence-electron chi connectivity index (χ3n) is 2.29. The summed E-state index contributed by atoms with van der Waals surface area (Å²) in [5.74, 6) is 0.799. The van der Waals surface area contributed by atoms with E-state index in [4.69, 9.17) is 10.5 Å². The zero-order valence-electron chi connectivity index (χ0n) is 10.3. The van der Waals surface area contributed by atoms with E-state index in [2.05, 4.69) is 34.6 Å². The van der Waals surface area contributed by atoms with E-state index >= 15 is 0 Å². The maximum absolute atomic E-state index is 5.89. The Hall–Kier alpha value is -1.18. The molecular formula is C13H21NO. The van der Waals surface area contributed by atoms with Gasteiger partial charge in [-0.1, -0.05) is 20.8 Å². The first kappa shape index (κ1) is 11.9. The molecule has 0 aliphatic carbocycles. The van der Waals surface area contributed by atoms with Gasteiger partial charge in [-0.3, -0.25) is 0 Å². The Morgan fingerprint density at radius 3 is 2.20 bits per heavy atom. The highest BCUT2D eigenvalue weighted by Gasteiger charge is 2.12. The van der Waals surface area contributed by atoms with Gasteiger partial charge in [-0.15, -0.1) is 0 Å². The third kappa shape index (κ3) is 3.46. The van der Waals surface area contributed by atoms with Crippen molar-refractivity contribution in [2.75, 3.05) is 12.3 Å². The van der Waals surface area contributed by atoms with E-state index in [0.29, 0.717) is 6.61 Å². The average molecular weight is 207 g/mol. The highest BCUT2D eigenvalue weighted by atomic mass is 16.5. The Labute approximate surface area is 92.4 Å². The van der Waals surface area contributed by atoms with Gasteiger partial charge in [0.25, 0.3) is 0 Å². The number of aryl methyl sites for hydroxylation is 2. The molecule has 0 saturated carbocycles. The number of ether oxygens (including phenoxy) is 1. The number of nitrogen functional groups attached to an aromatic ring is 1. The second-order valence-corrected chi connectivity index (χ2v) is 5.32. The summed E-state index contributed by atoms with van der Waals surface area (Å²) in [6, 6.07) is 3.98. The molecule has 0 fully saturated rings. The van der Waals surface area contributed by atoms with Crippen molar-refractivity contribution >= 4 is 5.69 Å². The van der Waals surface area contributed by atoms with Crippen LogP contribution in [0.2, 0.25) is 0 Å². The molecule has 0 saturated heterocycles. The Morgan fingerprint density at radius 1 is 1.13 bits per heavy atom. The van der Waals surface area contributed by atoms with Gasteiger partial charge in [0.2, 0.25) is 0 Å². The first-order valence-corrected chi connectivity index (χ1v) is 5.29. The third-order valence-corrected chi connectivity index (χ3v) is 2.29. The summed E-state index contributed by atoms with van der Waals surface area (Å²) < 4.78 is 5.71. The van der Waals surface area contributed by atoms with E-state index in [1.807, 2.05) is 12.1 Å². The van der Waals surface area contributed by atoms with Crippen molar-refractivity contribution in [2.45, 2.75) is 34.6 Å². The summed E-state index contributed by atoms with van der Waals surface area (Å²) in [6.07, 6.45) is 0. The topological polar surface area (TPSA) is 35.2 Å². The number of nitrogens with two attached hydrogens (primary N) is 1. The van der Waals surface area contributed by atoms with Crippen LogP contribution in [0, 0.1) is 19.3 Å². The molecule has 0 aromatic heterocycles. The fraction of sp³-hybridized carbons (Fsp3) is 0.538. The molecule has 1 rings (SSSR count). The minimum absolute atomic E-state index is 0.158. The summed E-state index contributed by atoms with van der Waals surface area (Å²) >= 11 is 0. The van der Waals surface area contributed by atoms with Crippen molar-refractivity contribution in [3.63, 3.8) is 0 Å². The van der Waals surface area contributed by atoms with Crippen LogP contribution in [0.5, 0.6) is 5.75 Å². The normalized spacial score (nSPS) is 11.5. The highest BCUT2D eigenvalue weighted by Crippen LogP contribution is 2.27. The number of hydrogen-bond donors (Lipinski definition) is 1. The van der Waals surface area contributed by atoms with Crippen LogP contribution < -0.4 is 10.5 Å². The molecule has 0 unspecified atom stereocenters. The fourth-order valence-electron chi connectivity index (χ4n) is 1.23. The smallest absolute Gasteiger partial charge is 0.142 e. The van der Waals surface area contributed by atoms with Crippen LogP contribution in [-0.2, 0) is 0 Å². The lowest BCUT2D eigenvalue weighted by atomic mass is 9.98. The molecule has 0 aliphatic rings. The van der Waals surface area contributed by atoms with E-state index in [1.54, 1.807) is 0 Å². The average Bonchev–Trinajstić information content (AvgIpc) is 2.07. The zero-order chi connectivity index (χ0) is 11.6. The maximum Gasteiger partial charge on any atom is 0.142 e. The second kappa shape index (κ2) is 4.13. The van der Waals surface area contributed by atoms with Gasteiger partial charge in [-0.05, 0) is 42.5 Å². The van der Waals surface area contributed by atoms with Crippen LogP contribution in [0.15, 0.2) is 12.1 Å². The molecule has 0 atom stereocenters. The van der Waals surface area contributed by atoms with Gasteiger partial charge in [0, 0.05) is 0 Å². The standard InChI is InChI=1S/C13H21NO/c1-9-6-11(14)12(7-10(9)2)15-8-13(3,4)5/h6-7H,8,14H2,1-5H3. The van der Waals surface area contributed by atoms with Crippen LogP contribution in [0.4, 0.5) is 5.69 Å². The van der Waals surface area contributed by atoms with Crippen molar-refractivity contribution in [3.8, 4) is 5.75 Å². The first-order chi connectivity index (χ1) is 6.79. The second-order valence-electron chi connectivity index (χ2n) is 5.32. The van der Waals surface area contributed by atoms with Crippen molar-refractivity contribution in [2.24, 2.45) is 5.41 Å². The Kier molecular flexibility index (Phi) is 3.28. The lowest BCUT2D eigenvalue weighted by molar-refractivity contribution is 0.199. The number of anilines is 1. The molecule has 0 aliphatic heterocycles. The van der Waals surface area contributed by atoms with Gasteiger partial charge >= 0.3 is 0 Å². The van der Waals surface area contributed by atoms with Crippen LogP contribution in [0.1, 0.15) is 31.9 Å². The summed E-state index contributed by atoms with van der Waals surface area (Å²) in [5.41, 5.74) is 9.20.